The molecule has 3 rings (SSSR count). The lowest BCUT2D eigenvalue weighted by atomic mass is 9.84. The van der Waals surface area contributed by atoms with Crippen LogP contribution in [0.3, 0.4) is 0 Å². The number of thiophene rings is 1. The molecule has 7 heteroatoms. The average molecular weight is 329 g/mol. The van der Waals surface area contributed by atoms with Crippen LogP contribution in [0.4, 0.5) is 0 Å². The molecular weight excluding hydrogens is 310 g/mol. The first kappa shape index (κ1) is 15.0. The molecule has 2 aliphatic rings. The zero-order chi connectivity index (χ0) is 15.2. The topological polar surface area (TPSA) is 83.5 Å². The predicted molar refractivity (Wildman–Crippen MR) is 80.0 cm³/mol. The molecule has 2 saturated carbocycles. The van der Waals surface area contributed by atoms with E-state index in [0.717, 1.165) is 23.7 Å². The molecule has 21 heavy (non-hydrogen) atoms. The van der Waals surface area contributed by atoms with Gasteiger partial charge >= 0.3 is 5.97 Å². The number of aromatic carboxylic acids is 1. The Labute approximate surface area is 128 Å². The Kier molecular flexibility index (Phi) is 3.83. The summed E-state index contributed by atoms with van der Waals surface area (Å²) in [7, 11) is -3.77. The van der Waals surface area contributed by atoms with Gasteiger partial charge in [0.15, 0.2) is 0 Å². The van der Waals surface area contributed by atoms with Gasteiger partial charge in [-0.3, -0.25) is 0 Å². The summed E-state index contributed by atoms with van der Waals surface area (Å²) in [6.45, 7) is 1.90. The van der Waals surface area contributed by atoms with E-state index in [1.165, 1.54) is 30.7 Å². The van der Waals surface area contributed by atoms with Gasteiger partial charge in [-0.05, 0) is 55.4 Å². The van der Waals surface area contributed by atoms with Gasteiger partial charge in [-0.15, -0.1) is 11.3 Å². The van der Waals surface area contributed by atoms with Crippen LogP contribution >= 0.6 is 11.3 Å². The fraction of sp³-hybridized carbons (Fsp3) is 0.643. The number of sulfonamides is 1. The molecule has 1 aromatic heterocycles. The van der Waals surface area contributed by atoms with E-state index < -0.39 is 16.0 Å². The maximum Gasteiger partial charge on any atom is 0.347 e. The number of nitrogens with one attached hydrogen (secondary N) is 1. The lowest BCUT2D eigenvalue weighted by Crippen LogP contribution is -2.40. The minimum atomic E-state index is -3.77. The first-order valence-corrected chi connectivity index (χ1v) is 9.58. The van der Waals surface area contributed by atoms with Crippen molar-refractivity contribution in [2.45, 2.75) is 43.5 Å². The first-order chi connectivity index (χ1) is 9.88. The first-order valence-electron chi connectivity index (χ1n) is 7.21. The van der Waals surface area contributed by atoms with Crippen LogP contribution < -0.4 is 4.72 Å². The molecule has 0 radical (unpaired) electrons. The number of rotatable bonds is 5. The fourth-order valence-corrected chi connectivity index (χ4v) is 6.52. The molecule has 2 N–H and O–H groups in total. The molecule has 0 spiro atoms. The number of fused-ring (bicyclic) bond motifs is 2. The van der Waals surface area contributed by atoms with Crippen molar-refractivity contribution in [2.24, 2.45) is 17.8 Å². The van der Waals surface area contributed by atoms with Crippen LogP contribution in [-0.2, 0) is 10.0 Å². The van der Waals surface area contributed by atoms with Crippen molar-refractivity contribution in [1.82, 2.24) is 4.72 Å². The second kappa shape index (κ2) is 5.37. The number of carboxylic acid groups (broad SMARTS) is 1. The van der Waals surface area contributed by atoms with Crippen molar-refractivity contribution >= 4 is 27.3 Å². The van der Waals surface area contributed by atoms with Gasteiger partial charge in [-0.25, -0.2) is 17.9 Å². The third-order valence-corrected chi connectivity index (χ3v) is 7.52. The maximum absolute atomic E-state index is 12.4. The van der Waals surface area contributed by atoms with E-state index in [-0.39, 0.29) is 15.8 Å². The van der Waals surface area contributed by atoms with Gasteiger partial charge in [0, 0.05) is 6.04 Å². The van der Waals surface area contributed by atoms with Crippen molar-refractivity contribution in [1.29, 1.82) is 0 Å². The van der Waals surface area contributed by atoms with Gasteiger partial charge in [-0.1, -0.05) is 6.42 Å². The van der Waals surface area contributed by atoms with Gasteiger partial charge in [0.2, 0.25) is 10.0 Å². The number of hydrogen-bond donors (Lipinski definition) is 2. The summed E-state index contributed by atoms with van der Waals surface area (Å²) in [5.74, 6) is 0.556. The maximum atomic E-state index is 12.4. The largest absolute Gasteiger partial charge is 0.477 e. The standard InChI is InChI=1S/C14H19NO4S2/c1-8(11-7-9-2-3-10(11)6-9)15-21(18,19)12-4-5-20-13(12)14(16)17/h4-5,8-11,15H,2-3,6-7H2,1H3,(H,16,17). The molecule has 0 saturated heterocycles. The van der Waals surface area contributed by atoms with Crippen LogP contribution in [0.15, 0.2) is 16.3 Å². The van der Waals surface area contributed by atoms with E-state index in [1.54, 1.807) is 0 Å². The number of carbonyl (C=O) groups is 1. The third kappa shape index (κ3) is 2.74. The van der Waals surface area contributed by atoms with E-state index in [4.69, 9.17) is 5.11 Å². The highest BCUT2D eigenvalue weighted by Gasteiger charge is 2.42. The van der Waals surface area contributed by atoms with Crippen LogP contribution in [0.2, 0.25) is 0 Å². The summed E-state index contributed by atoms with van der Waals surface area (Å²) in [4.78, 5) is 10.9. The Balaban J connectivity index is 1.77. The minimum Gasteiger partial charge on any atom is -0.477 e. The molecule has 0 amide bonds. The van der Waals surface area contributed by atoms with Crippen molar-refractivity contribution in [3.63, 3.8) is 0 Å². The van der Waals surface area contributed by atoms with Crippen LogP contribution in [0.5, 0.6) is 0 Å². The lowest BCUT2D eigenvalue weighted by molar-refractivity contribution is 0.0698. The lowest BCUT2D eigenvalue weighted by Gasteiger charge is -2.28. The molecule has 2 bridgehead atoms. The second-order valence-electron chi connectivity index (χ2n) is 6.17. The Morgan fingerprint density at radius 2 is 2.19 bits per heavy atom. The SMILES string of the molecule is CC(NS(=O)(=O)c1ccsc1C(=O)O)C1CC2CCC1C2. The van der Waals surface area contributed by atoms with E-state index in [1.807, 2.05) is 6.92 Å². The van der Waals surface area contributed by atoms with E-state index in [0.29, 0.717) is 11.8 Å². The highest BCUT2D eigenvalue weighted by atomic mass is 32.2. The molecule has 116 valence electrons. The summed E-state index contributed by atoms with van der Waals surface area (Å²) in [5, 5.41) is 10.6. The number of carboxylic acids is 1. The summed E-state index contributed by atoms with van der Waals surface area (Å²) < 4.78 is 27.5. The summed E-state index contributed by atoms with van der Waals surface area (Å²) in [5.41, 5.74) is 0. The minimum absolute atomic E-state index is 0.116. The van der Waals surface area contributed by atoms with Crippen LogP contribution in [-0.4, -0.2) is 25.5 Å². The van der Waals surface area contributed by atoms with Crippen LogP contribution in [0.1, 0.15) is 42.3 Å². The Morgan fingerprint density at radius 1 is 1.43 bits per heavy atom. The molecule has 5 nitrogen and oxygen atoms in total. The predicted octanol–water partition coefficient (Wildman–Crippen LogP) is 2.55. The Morgan fingerprint density at radius 3 is 2.76 bits per heavy atom. The van der Waals surface area contributed by atoms with Crippen LogP contribution in [0, 0.1) is 17.8 Å². The quantitative estimate of drug-likeness (QED) is 0.869. The monoisotopic (exact) mass is 329 g/mol. The number of hydrogen-bond acceptors (Lipinski definition) is 4. The fourth-order valence-electron chi connectivity index (χ4n) is 3.97. The second-order valence-corrected chi connectivity index (χ2v) is 8.77. The molecule has 4 atom stereocenters. The highest BCUT2D eigenvalue weighted by Crippen LogP contribution is 2.49. The molecule has 0 aliphatic heterocycles. The molecule has 2 fully saturated rings. The molecule has 4 unspecified atom stereocenters. The van der Waals surface area contributed by atoms with Gasteiger partial charge in [0.25, 0.3) is 0 Å². The van der Waals surface area contributed by atoms with E-state index >= 15 is 0 Å². The van der Waals surface area contributed by atoms with Crippen molar-refractivity contribution in [3.8, 4) is 0 Å². The Bertz CT molecular complexity index is 652. The summed E-state index contributed by atoms with van der Waals surface area (Å²) in [6, 6.07) is 1.22. The molecule has 1 aromatic rings. The van der Waals surface area contributed by atoms with Gasteiger partial charge in [0.05, 0.1) is 0 Å². The zero-order valence-corrected chi connectivity index (χ0v) is 13.4. The van der Waals surface area contributed by atoms with Crippen molar-refractivity contribution in [3.05, 3.63) is 16.3 Å². The van der Waals surface area contributed by atoms with E-state index in [9.17, 15) is 13.2 Å². The van der Waals surface area contributed by atoms with Crippen molar-refractivity contribution in [2.75, 3.05) is 0 Å². The third-order valence-electron chi connectivity index (χ3n) is 4.89. The summed E-state index contributed by atoms with van der Waals surface area (Å²) in [6.07, 6.45) is 4.77. The normalized spacial score (nSPS) is 29.7. The van der Waals surface area contributed by atoms with Gasteiger partial charge in [-0.2, -0.15) is 0 Å². The van der Waals surface area contributed by atoms with Crippen molar-refractivity contribution < 1.29 is 18.3 Å². The average Bonchev–Trinajstić information content (AvgIpc) is 3.13. The molecule has 1 heterocycles. The molecule has 0 aromatic carbocycles. The highest BCUT2D eigenvalue weighted by molar-refractivity contribution is 7.89. The smallest absolute Gasteiger partial charge is 0.347 e. The zero-order valence-electron chi connectivity index (χ0n) is 11.8. The van der Waals surface area contributed by atoms with Gasteiger partial charge < -0.3 is 5.11 Å². The molecule has 2 aliphatic carbocycles. The summed E-state index contributed by atoms with van der Waals surface area (Å²) >= 11 is 0.937. The van der Waals surface area contributed by atoms with Crippen LogP contribution in [0.25, 0.3) is 0 Å². The van der Waals surface area contributed by atoms with E-state index in [2.05, 4.69) is 4.72 Å². The Hall–Kier alpha value is -0.920. The van der Waals surface area contributed by atoms with Gasteiger partial charge in [0.1, 0.15) is 9.77 Å². The molecular formula is C14H19NO4S2.